The Bertz CT molecular complexity index is 1200. The molecule has 0 saturated carbocycles. The number of benzene rings is 2. The van der Waals surface area contributed by atoms with Crippen molar-refractivity contribution in [2.24, 2.45) is 5.92 Å². The number of methoxy groups -OCH3 is 1. The van der Waals surface area contributed by atoms with Gasteiger partial charge in [-0.05, 0) is 47.9 Å². The topological polar surface area (TPSA) is 64.6 Å². The van der Waals surface area contributed by atoms with E-state index in [1.54, 1.807) is 0 Å². The molecule has 1 saturated heterocycles. The zero-order valence-corrected chi connectivity index (χ0v) is 19.9. The van der Waals surface area contributed by atoms with Gasteiger partial charge in [-0.2, -0.15) is 0 Å². The molecule has 0 bridgehead atoms. The maximum Gasteiger partial charge on any atom is 0.290 e. The molecule has 1 fully saturated rings. The summed E-state index contributed by atoms with van der Waals surface area (Å²) in [6.45, 7) is 8.69. The van der Waals surface area contributed by atoms with Gasteiger partial charge in [0.25, 0.3) is 11.1 Å². The molecule has 0 atom stereocenters. The van der Waals surface area contributed by atoms with Gasteiger partial charge < -0.3 is 9.47 Å². The maximum absolute atomic E-state index is 15.9. The lowest BCUT2D eigenvalue weighted by molar-refractivity contribution is -0.115. The van der Waals surface area contributed by atoms with E-state index in [-0.39, 0.29) is 27.2 Å². The minimum atomic E-state index is -0.782. The van der Waals surface area contributed by atoms with Crippen LogP contribution in [0, 0.1) is 17.6 Å². The van der Waals surface area contributed by atoms with Crippen molar-refractivity contribution in [1.29, 1.82) is 0 Å². The first-order valence-corrected chi connectivity index (χ1v) is 11.4. The van der Waals surface area contributed by atoms with Gasteiger partial charge in [0, 0.05) is 22.1 Å². The van der Waals surface area contributed by atoms with Gasteiger partial charge >= 0.3 is 0 Å². The number of ether oxygens (including phenoxy) is 2. The number of fused-ring (bicyclic) bond motifs is 1. The van der Waals surface area contributed by atoms with Crippen LogP contribution in [0.15, 0.2) is 23.1 Å². The first-order valence-electron chi connectivity index (χ1n) is 10.6. The summed E-state index contributed by atoms with van der Waals surface area (Å²) in [7, 11) is 1.28. The van der Waals surface area contributed by atoms with Crippen molar-refractivity contribution >= 4 is 29.0 Å². The van der Waals surface area contributed by atoms with Crippen molar-refractivity contribution < 1.29 is 27.8 Å². The zero-order valence-electron chi connectivity index (χ0n) is 19.1. The van der Waals surface area contributed by atoms with Gasteiger partial charge in [0.15, 0.2) is 11.6 Å². The molecule has 5 nitrogen and oxygen atoms in total. The largest absolute Gasteiger partial charge is 0.493 e. The molecule has 33 heavy (non-hydrogen) atoms. The second kappa shape index (κ2) is 8.48. The van der Waals surface area contributed by atoms with Crippen LogP contribution in [0.3, 0.4) is 0 Å². The second-order valence-electron chi connectivity index (χ2n) is 9.31. The quantitative estimate of drug-likeness (QED) is 0.554. The number of amides is 2. The van der Waals surface area contributed by atoms with Crippen LogP contribution in [0.1, 0.15) is 44.4 Å². The van der Waals surface area contributed by atoms with Crippen LogP contribution < -0.4 is 14.8 Å². The van der Waals surface area contributed by atoms with Crippen LogP contribution in [0.25, 0.3) is 17.2 Å². The lowest BCUT2D eigenvalue weighted by atomic mass is 9.83. The van der Waals surface area contributed by atoms with E-state index in [1.807, 2.05) is 19.9 Å². The molecule has 0 radical (unpaired) electrons. The van der Waals surface area contributed by atoms with Crippen LogP contribution in [-0.4, -0.2) is 24.9 Å². The van der Waals surface area contributed by atoms with Crippen molar-refractivity contribution in [3.05, 3.63) is 51.4 Å². The Kier molecular flexibility index (Phi) is 5.99. The predicted octanol–water partition coefficient (Wildman–Crippen LogP) is 5.83. The lowest BCUT2D eigenvalue weighted by Gasteiger charge is -2.20. The summed E-state index contributed by atoms with van der Waals surface area (Å²) in [5.74, 6) is -1.58. The van der Waals surface area contributed by atoms with Crippen molar-refractivity contribution in [1.82, 2.24) is 5.32 Å². The standard InChI is InChI=1S/C25H25F2NO4S/c1-12(2)6-13-7-15(21-16(8-13)25(3,4)11-32-21)19-20(27)14(9-17(26)22(19)31-5)10-18-23(29)28-24(30)33-18/h7-10,12H,6,11H2,1-5H3,(H,28,29,30)/b18-10+. The highest BCUT2D eigenvalue weighted by molar-refractivity contribution is 8.18. The summed E-state index contributed by atoms with van der Waals surface area (Å²) in [4.78, 5) is 23.4. The Morgan fingerprint density at radius 1 is 1.24 bits per heavy atom. The number of rotatable bonds is 5. The highest BCUT2D eigenvalue weighted by atomic mass is 32.2. The van der Waals surface area contributed by atoms with Gasteiger partial charge in [-0.15, -0.1) is 0 Å². The fourth-order valence-electron chi connectivity index (χ4n) is 4.19. The van der Waals surface area contributed by atoms with E-state index in [9.17, 15) is 9.59 Å². The third kappa shape index (κ3) is 4.24. The monoisotopic (exact) mass is 473 g/mol. The van der Waals surface area contributed by atoms with E-state index in [1.165, 1.54) is 13.2 Å². The van der Waals surface area contributed by atoms with Crippen LogP contribution in [0.5, 0.6) is 11.5 Å². The summed E-state index contributed by atoms with van der Waals surface area (Å²) in [5.41, 5.74) is 1.80. The second-order valence-corrected chi connectivity index (χ2v) is 10.3. The van der Waals surface area contributed by atoms with Gasteiger partial charge in [0.05, 0.1) is 24.2 Å². The summed E-state index contributed by atoms with van der Waals surface area (Å²) in [6, 6.07) is 4.85. The average Bonchev–Trinajstić information content (AvgIpc) is 3.20. The average molecular weight is 474 g/mol. The molecular formula is C25H25F2NO4S. The molecule has 2 aromatic carbocycles. The van der Waals surface area contributed by atoms with Gasteiger partial charge in [-0.1, -0.05) is 33.8 Å². The summed E-state index contributed by atoms with van der Waals surface area (Å²) in [6.07, 6.45) is 1.93. The molecule has 2 amide bonds. The number of carbonyl (C=O) groups excluding carboxylic acids is 2. The highest BCUT2D eigenvalue weighted by Crippen LogP contribution is 2.49. The minimum absolute atomic E-state index is 0.00872. The molecule has 0 aromatic heterocycles. The van der Waals surface area contributed by atoms with Gasteiger partial charge in [0.2, 0.25) is 0 Å². The van der Waals surface area contributed by atoms with E-state index < -0.39 is 22.8 Å². The van der Waals surface area contributed by atoms with E-state index in [0.717, 1.165) is 23.6 Å². The number of imide groups is 1. The molecule has 0 aliphatic carbocycles. The number of nitrogens with one attached hydrogen (secondary N) is 1. The van der Waals surface area contributed by atoms with E-state index >= 15 is 8.78 Å². The lowest BCUT2D eigenvalue weighted by Crippen LogP contribution is -2.18. The fourth-order valence-corrected chi connectivity index (χ4v) is 4.86. The number of thioether (sulfide) groups is 1. The van der Waals surface area contributed by atoms with E-state index in [4.69, 9.17) is 9.47 Å². The fraction of sp³-hybridized carbons (Fsp3) is 0.360. The minimum Gasteiger partial charge on any atom is -0.493 e. The maximum atomic E-state index is 15.9. The molecule has 0 spiro atoms. The summed E-state index contributed by atoms with van der Waals surface area (Å²) < 4.78 is 42.3. The number of halogens is 2. The molecule has 2 aliphatic heterocycles. The SMILES string of the molecule is COc1c(F)cc(/C=C2/SC(=O)NC2=O)c(F)c1-c1cc(CC(C)C)cc2c1OCC2(C)C. The molecule has 0 unspecified atom stereocenters. The number of hydrogen-bond donors (Lipinski definition) is 1. The van der Waals surface area contributed by atoms with Crippen molar-refractivity contribution in [3.8, 4) is 22.6 Å². The summed E-state index contributed by atoms with van der Waals surface area (Å²) >= 11 is 0.640. The smallest absolute Gasteiger partial charge is 0.290 e. The first kappa shape index (κ1) is 23.3. The zero-order chi connectivity index (χ0) is 24.1. The third-order valence-electron chi connectivity index (χ3n) is 5.70. The Balaban J connectivity index is 1.98. The van der Waals surface area contributed by atoms with Crippen molar-refractivity contribution in [2.75, 3.05) is 13.7 Å². The normalized spacial score (nSPS) is 18.0. The van der Waals surface area contributed by atoms with Crippen LogP contribution in [0.2, 0.25) is 0 Å². The molecule has 8 heteroatoms. The Morgan fingerprint density at radius 3 is 2.58 bits per heavy atom. The van der Waals surface area contributed by atoms with Gasteiger partial charge in [-0.25, -0.2) is 8.78 Å². The van der Waals surface area contributed by atoms with Gasteiger partial charge in [0.1, 0.15) is 11.6 Å². The molecule has 2 aliphatic rings. The first-order chi connectivity index (χ1) is 15.5. The third-order valence-corrected chi connectivity index (χ3v) is 6.51. The van der Waals surface area contributed by atoms with Gasteiger partial charge in [-0.3, -0.25) is 14.9 Å². The summed E-state index contributed by atoms with van der Waals surface area (Å²) in [5, 5.41) is 1.56. The highest BCUT2D eigenvalue weighted by Gasteiger charge is 2.36. The van der Waals surface area contributed by atoms with Crippen LogP contribution in [0.4, 0.5) is 13.6 Å². The molecule has 1 N–H and O–H groups in total. The van der Waals surface area contributed by atoms with E-state index in [2.05, 4.69) is 25.2 Å². The Labute approximate surface area is 195 Å². The molecule has 2 heterocycles. The van der Waals surface area contributed by atoms with Crippen LogP contribution >= 0.6 is 11.8 Å². The number of carbonyl (C=O) groups is 2. The Morgan fingerprint density at radius 2 is 1.97 bits per heavy atom. The number of hydrogen-bond acceptors (Lipinski definition) is 5. The predicted molar refractivity (Wildman–Crippen MR) is 125 cm³/mol. The molecule has 2 aromatic rings. The molecule has 4 rings (SSSR count). The van der Waals surface area contributed by atoms with Crippen molar-refractivity contribution in [2.45, 2.75) is 39.5 Å². The van der Waals surface area contributed by atoms with E-state index in [0.29, 0.717) is 35.6 Å². The molecule has 174 valence electrons. The van der Waals surface area contributed by atoms with Crippen LogP contribution in [-0.2, 0) is 16.6 Å². The molecular weight excluding hydrogens is 448 g/mol. The Hall–Kier alpha value is -2.87. The van der Waals surface area contributed by atoms with Crippen molar-refractivity contribution in [3.63, 3.8) is 0 Å².